The molecule has 3 nitrogen and oxygen atoms in total. The fourth-order valence-corrected chi connectivity index (χ4v) is 1.68. The lowest BCUT2D eigenvalue weighted by atomic mass is 10.1. The first kappa shape index (κ1) is 11.1. The topological polar surface area (TPSA) is 38.3 Å². The lowest BCUT2D eigenvalue weighted by Crippen LogP contribution is -2.30. The number of rotatable bonds is 3. The van der Waals surface area contributed by atoms with Gasteiger partial charge < -0.3 is 10.1 Å². The Morgan fingerprint density at radius 3 is 2.81 bits per heavy atom. The van der Waals surface area contributed by atoms with E-state index in [9.17, 15) is 9.18 Å². The van der Waals surface area contributed by atoms with Crippen LogP contribution in [0.4, 0.5) is 4.39 Å². The molecule has 1 atom stereocenters. The van der Waals surface area contributed by atoms with Gasteiger partial charge in [-0.2, -0.15) is 0 Å². The minimum Gasteiger partial charge on any atom is -0.381 e. The van der Waals surface area contributed by atoms with E-state index < -0.39 is 0 Å². The second kappa shape index (κ2) is 5.07. The van der Waals surface area contributed by atoms with E-state index >= 15 is 0 Å². The van der Waals surface area contributed by atoms with Gasteiger partial charge in [0.15, 0.2) is 0 Å². The Labute approximate surface area is 93.6 Å². The maximum atomic E-state index is 12.6. The van der Waals surface area contributed by atoms with Crippen molar-refractivity contribution in [3.05, 3.63) is 35.6 Å². The summed E-state index contributed by atoms with van der Waals surface area (Å²) in [6.45, 7) is 1.61. The van der Waals surface area contributed by atoms with Crippen molar-refractivity contribution in [1.29, 1.82) is 0 Å². The van der Waals surface area contributed by atoms with Gasteiger partial charge in [0, 0.05) is 13.2 Å². The van der Waals surface area contributed by atoms with Crippen LogP contribution in [0, 0.1) is 11.7 Å². The normalized spacial score (nSPS) is 19.7. The van der Waals surface area contributed by atoms with Crippen molar-refractivity contribution >= 4 is 5.91 Å². The van der Waals surface area contributed by atoms with Gasteiger partial charge in [-0.05, 0) is 24.1 Å². The van der Waals surface area contributed by atoms with E-state index in [1.807, 2.05) is 0 Å². The summed E-state index contributed by atoms with van der Waals surface area (Å²) < 4.78 is 17.8. The summed E-state index contributed by atoms with van der Waals surface area (Å²) in [7, 11) is 0. The van der Waals surface area contributed by atoms with Gasteiger partial charge in [-0.3, -0.25) is 4.79 Å². The number of carbonyl (C=O) groups excluding carboxylic acids is 1. The molecule has 1 heterocycles. The summed E-state index contributed by atoms with van der Waals surface area (Å²) in [5.41, 5.74) is 0.897. The predicted octanol–water partition coefficient (Wildman–Crippen LogP) is 1.48. The van der Waals surface area contributed by atoms with Crippen LogP contribution in [0.25, 0.3) is 0 Å². The van der Waals surface area contributed by atoms with Crippen LogP contribution in [-0.4, -0.2) is 19.1 Å². The molecule has 86 valence electrons. The third-order valence-electron chi connectivity index (χ3n) is 2.68. The number of hydrogen-bond acceptors (Lipinski definition) is 2. The van der Waals surface area contributed by atoms with Crippen LogP contribution in [0.3, 0.4) is 0 Å². The third-order valence-corrected chi connectivity index (χ3v) is 2.68. The highest BCUT2D eigenvalue weighted by Crippen LogP contribution is 2.12. The molecule has 1 unspecified atom stereocenters. The summed E-state index contributed by atoms with van der Waals surface area (Å²) in [6.07, 6.45) is 0.787. The molecule has 1 aliphatic heterocycles. The van der Waals surface area contributed by atoms with Crippen LogP contribution in [0.1, 0.15) is 12.0 Å². The van der Waals surface area contributed by atoms with Crippen molar-refractivity contribution in [3.8, 4) is 0 Å². The Morgan fingerprint density at radius 1 is 1.44 bits per heavy atom. The first-order chi connectivity index (χ1) is 7.75. The van der Waals surface area contributed by atoms with E-state index in [0.717, 1.165) is 12.0 Å². The van der Waals surface area contributed by atoms with Crippen molar-refractivity contribution in [2.24, 2.45) is 5.92 Å². The van der Waals surface area contributed by atoms with Gasteiger partial charge in [0.25, 0.3) is 0 Å². The Balaban J connectivity index is 1.82. The first-order valence-corrected chi connectivity index (χ1v) is 5.35. The molecule has 0 spiro atoms. The number of nitrogens with one attached hydrogen (secondary N) is 1. The van der Waals surface area contributed by atoms with E-state index in [4.69, 9.17) is 4.74 Å². The summed E-state index contributed by atoms with van der Waals surface area (Å²) in [6, 6.07) is 6.11. The van der Waals surface area contributed by atoms with Crippen LogP contribution in [-0.2, 0) is 16.1 Å². The molecule has 0 saturated carbocycles. The van der Waals surface area contributed by atoms with Gasteiger partial charge in [0.1, 0.15) is 5.82 Å². The summed E-state index contributed by atoms with van der Waals surface area (Å²) >= 11 is 0. The summed E-state index contributed by atoms with van der Waals surface area (Å²) in [4.78, 5) is 11.6. The standard InChI is InChI=1S/C12H14FNO2/c13-11-3-1-9(2-4-11)7-14-12(15)10-5-6-16-8-10/h1-4,10H,5-8H2,(H,14,15). The molecule has 0 aliphatic carbocycles. The van der Waals surface area contributed by atoms with Gasteiger partial charge in [-0.1, -0.05) is 12.1 Å². The summed E-state index contributed by atoms with van der Waals surface area (Å²) in [5, 5.41) is 2.82. The Morgan fingerprint density at radius 2 is 2.19 bits per heavy atom. The van der Waals surface area contributed by atoms with Crippen LogP contribution in [0.5, 0.6) is 0 Å². The second-order valence-electron chi connectivity index (χ2n) is 3.90. The van der Waals surface area contributed by atoms with Crippen LogP contribution < -0.4 is 5.32 Å². The number of benzene rings is 1. The zero-order chi connectivity index (χ0) is 11.4. The van der Waals surface area contributed by atoms with Gasteiger partial charge in [0.2, 0.25) is 5.91 Å². The SMILES string of the molecule is O=C(NCc1ccc(F)cc1)C1CCOC1. The van der Waals surface area contributed by atoms with Crippen LogP contribution in [0.15, 0.2) is 24.3 Å². The molecule has 16 heavy (non-hydrogen) atoms. The van der Waals surface area contributed by atoms with Gasteiger partial charge in [-0.25, -0.2) is 4.39 Å². The molecule has 0 aromatic heterocycles. The highest BCUT2D eigenvalue weighted by Gasteiger charge is 2.22. The van der Waals surface area contributed by atoms with Crippen molar-refractivity contribution in [2.45, 2.75) is 13.0 Å². The second-order valence-corrected chi connectivity index (χ2v) is 3.90. The van der Waals surface area contributed by atoms with E-state index in [-0.39, 0.29) is 17.6 Å². The monoisotopic (exact) mass is 223 g/mol. The van der Waals surface area contributed by atoms with Gasteiger partial charge in [-0.15, -0.1) is 0 Å². The number of hydrogen-bond donors (Lipinski definition) is 1. The van der Waals surface area contributed by atoms with Gasteiger partial charge in [0.05, 0.1) is 12.5 Å². The number of carbonyl (C=O) groups is 1. The molecule has 0 radical (unpaired) electrons. The van der Waals surface area contributed by atoms with E-state index in [1.54, 1.807) is 12.1 Å². The first-order valence-electron chi connectivity index (χ1n) is 5.35. The van der Waals surface area contributed by atoms with E-state index in [1.165, 1.54) is 12.1 Å². The molecule has 1 amide bonds. The Kier molecular flexibility index (Phi) is 3.51. The van der Waals surface area contributed by atoms with Crippen LogP contribution >= 0.6 is 0 Å². The maximum Gasteiger partial charge on any atom is 0.225 e. The zero-order valence-electron chi connectivity index (χ0n) is 8.91. The van der Waals surface area contributed by atoms with Crippen molar-refractivity contribution in [2.75, 3.05) is 13.2 Å². The molecule has 2 rings (SSSR count). The molecule has 1 N–H and O–H groups in total. The number of halogens is 1. The zero-order valence-corrected chi connectivity index (χ0v) is 8.91. The molecule has 4 heteroatoms. The lowest BCUT2D eigenvalue weighted by molar-refractivity contribution is -0.125. The minimum atomic E-state index is -0.265. The van der Waals surface area contributed by atoms with Crippen LogP contribution in [0.2, 0.25) is 0 Å². The lowest BCUT2D eigenvalue weighted by Gasteiger charge is -2.09. The fraction of sp³-hybridized carbons (Fsp3) is 0.417. The highest BCUT2D eigenvalue weighted by molar-refractivity contribution is 5.78. The molecule has 0 bridgehead atoms. The predicted molar refractivity (Wildman–Crippen MR) is 57.2 cm³/mol. The number of amides is 1. The highest BCUT2D eigenvalue weighted by atomic mass is 19.1. The number of ether oxygens (including phenoxy) is 1. The molecule has 1 aliphatic rings. The van der Waals surface area contributed by atoms with Crippen molar-refractivity contribution in [3.63, 3.8) is 0 Å². The maximum absolute atomic E-state index is 12.6. The molecule has 1 saturated heterocycles. The molecule has 1 aromatic carbocycles. The fourth-order valence-electron chi connectivity index (χ4n) is 1.68. The average molecular weight is 223 g/mol. The quantitative estimate of drug-likeness (QED) is 0.842. The Bertz CT molecular complexity index is 358. The largest absolute Gasteiger partial charge is 0.381 e. The van der Waals surface area contributed by atoms with Crippen molar-refractivity contribution in [1.82, 2.24) is 5.32 Å². The Hall–Kier alpha value is -1.42. The molecule has 1 aromatic rings. The smallest absolute Gasteiger partial charge is 0.225 e. The van der Waals surface area contributed by atoms with Gasteiger partial charge >= 0.3 is 0 Å². The minimum absolute atomic E-state index is 0.0156. The van der Waals surface area contributed by atoms with Crippen molar-refractivity contribution < 1.29 is 13.9 Å². The third kappa shape index (κ3) is 2.79. The summed E-state index contributed by atoms with van der Waals surface area (Å²) in [5.74, 6) is -0.276. The average Bonchev–Trinajstić information content (AvgIpc) is 2.81. The van der Waals surface area contributed by atoms with E-state index in [0.29, 0.717) is 19.8 Å². The molecular formula is C12H14FNO2. The van der Waals surface area contributed by atoms with E-state index in [2.05, 4.69) is 5.32 Å². The molecule has 1 fully saturated rings. The molecular weight excluding hydrogens is 209 g/mol.